The molecule has 2 atom stereocenters. The number of nitrogens with two attached hydrogens (primary N) is 1. The molecule has 6 nitrogen and oxygen atoms in total. The van der Waals surface area contributed by atoms with Crippen molar-refractivity contribution in [2.75, 3.05) is 25.4 Å². The number of pyridine rings is 1. The zero-order valence-corrected chi connectivity index (χ0v) is 16.4. The number of anilines is 1. The molecule has 2 aromatic rings. The molecule has 2 aromatic heterocycles. The molecule has 0 aromatic carbocycles. The minimum Gasteiger partial charge on any atom is -0.384 e. The van der Waals surface area contributed by atoms with E-state index in [1.165, 1.54) is 57.1 Å². The van der Waals surface area contributed by atoms with E-state index in [1.807, 2.05) is 4.57 Å². The van der Waals surface area contributed by atoms with Crippen molar-refractivity contribution in [1.82, 2.24) is 19.4 Å². The van der Waals surface area contributed by atoms with Gasteiger partial charge in [0.2, 0.25) is 0 Å². The zero-order valence-electron chi connectivity index (χ0n) is 16.4. The molecule has 1 saturated heterocycles. The topological polar surface area (TPSA) is 77.0 Å². The normalized spacial score (nSPS) is 25.4. The number of nitrogens with zero attached hydrogens (tertiary/aromatic N) is 4. The molecule has 5 rings (SSSR count). The van der Waals surface area contributed by atoms with Gasteiger partial charge >= 0.3 is 0 Å². The molecular formula is C22H29N5O. The number of fused-ring (bicyclic) bond motifs is 4. The van der Waals surface area contributed by atoms with Crippen LogP contribution >= 0.6 is 0 Å². The van der Waals surface area contributed by atoms with Crippen molar-refractivity contribution in [2.45, 2.75) is 51.0 Å². The summed E-state index contributed by atoms with van der Waals surface area (Å²) in [6.45, 7) is 4.29. The maximum absolute atomic E-state index is 12.8. The highest BCUT2D eigenvalue weighted by Crippen LogP contribution is 2.37. The van der Waals surface area contributed by atoms with E-state index in [-0.39, 0.29) is 5.56 Å². The monoisotopic (exact) mass is 379 g/mol. The number of likely N-dealkylation sites (tertiary alicyclic amines) is 1. The van der Waals surface area contributed by atoms with E-state index < -0.39 is 0 Å². The number of piperidine rings is 1. The summed E-state index contributed by atoms with van der Waals surface area (Å²) in [5.74, 6) is 2.32. The fourth-order valence-electron chi connectivity index (χ4n) is 5.62. The van der Waals surface area contributed by atoms with Gasteiger partial charge < -0.3 is 15.2 Å². The number of rotatable bonds is 3. The lowest BCUT2D eigenvalue weighted by molar-refractivity contribution is 0.0967. The van der Waals surface area contributed by atoms with Crippen molar-refractivity contribution >= 4 is 5.82 Å². The Labute approximate surface area is 165 Å². The first-order chi connectivity index (χ1) is 13.7. The van der Waals surface area contributed by atoms with Gasteiger partial charge in [-0.25, -0.2) is 9.97 Å². The van der Waals surface area contributed by atoms with Crippen LogP contribution in [0.4, 0.5) is 5.82 Å². The lowest BCUT2D eigenvalue weighted by Gasteiger charge is -2.44. The smallest absolute Gasteiger partial charge is 0.251 e. The molecule has 0 amide bonds. The molecule has 28 heavy (non-hydrogen) atoms. The summed E-state index contributed by atoms with van der Waals surface area (Å²) in [5.41, 5.74) is 8.65. The molecule has 2 N–H and O–H groups in total. The highest BCUT2D eigenvalue weighted by atomic mass is 16.1. The summed E-state index contributed by atoms with van der Waals surface area (Å²) in [4.78, 5) is 23.8. The van der Waals surface area contributed by atoms with E-state index in [0.717, 1.165) is 36.8 Å². The lowest BCUT2D eigenvalue weighted by atomic mass is 9.81. The van der Waals surface area contributed by atoms with Gasteiger partial charge in [-0.3, -0.25) is 4.79 Å². The van der Waals surface area contributed by atoms with Crippen LogP contribution < -0.4 is 11.3 Å². The number of hydrogen-bond acceptors (Lipinski definition) is 5. The first-order valence-electron chi connectivity index (χ1n) is 10.7. The van der Waals surface area contributed by atoms with Crippen molar-refractivity contribution in [2.24, 2.45) is 11.8 Å². The van der Waals surface area contributed by atoms with Crippen LogP contribution in [0.3, 0.4) is 0 Å². The Balaban J connectivity index is 1.42. The summed E-state index contributed by atoms with van der Waals surface area (Å²) >= 11 is 0. The first kappa shape index (κ1) is 17.9. The predicted molar refractivity (Wildman–Crippen MR) is 110 cm³/mol. The highest BCUT2D eigenvalue weighted by molar-refractivity contribution is 5.61. The second kappa shape index (κ2) is 7.32. The molecule has 0 spiro atoms. The number of nitrogen functional groups attached to an aromatic ring is 1. The quantitative estimate of drug-likeness (QED) is 0.887. The van der Waals surface area contributed by atoms with E-state index in [9.17, 15) is 4.79 Å². The molecule has 6 heteroatoms. The predicted octanol–water partition coefficient (Wildman–Crippen LogP) is 2.89. The average Bonchev–Trinajstić information content (AvgIpc) is 2.69. The minimum absolute atomic E-state index is 0.0834. The lowest BCUT2D eigenvalue weighted by Crippen LogP contribution is -2.48. The highest BCUT2D eigenvalue weighted by Gasteiger charge is 2.35. The van der Waals surface area contributed by atoms with Crippen molar-refractivity contribution in [1.29, 1.82) is 0 Å². The molecule has 3 aliphatic rings. The molecule has 0 unspecified atom stereocenters. The molecule has 2 bridgehead atoms. The molecule has 1 saturated carbocycles. The van der Waals surface area contributed by atoms with E-state index in [0.29, 0.717) is 17.7 Å². The SMILES string of the molecule is Nc1cc(-c2cc3n(c(=O)c2)C[C@H]2C[C@@H]3CN(CC3CCCCC3)C2)ncn1. The van der Waals surface area contributed by atoms with Gasteiger partial charge in [0.05, 0.1) is 5.69 Å². The third-order valence-electron chi connectivity index (χ3n) is 6.86. The Morgan fingerprint density at radius 2 is 1.89 bits per heavy atom. The zero-order chi connectivity index (χ0) is 19.1. The van der Waals surface area contributed by atoms with Gasteiger partial charge in [-0.2, -0.15) is 0 Å². The van der Waals surface area contributed by atoms with Crippen LogP contribution in [0.25, 0.3) is 11.3 Å². The van der Waals surface area contributed by atoms with E-state index in [2.05, 4.69) is 20.9 Å². The fourth-order valence-corrected chi connectivity index (χ4v) is 5.62. The Morgan fingerprint density at radius 3 is 2.71 bits per heavy atom. The number of aromatic nitrogens is 3. The Bertz CT molecular complexity index is 917. The molecule has 4 heterocycles. The number of hydrogen-bond donors (Lipinski definition) is 1. The van der Waals surface area contributed by atoms with Crippen LogP contribution in [0.5, 0.6) is 0 Å². The average molecular weight is 380 g/mol. The first-order valence-corrected chi connectivity index (χ1v) is 10.7. The largest absolute Gasteiger partial charge is 0.384 e. The fraction of sp³-hybridized carbons (Fsp3) is 0.591. The van der Waals surface area contributed by atoms with Crippen LogP contribution in [0.15, 0.2) is 29.3 Å². The maximum atomic E-state index is 12.8. The standard InChI is InChI=1S/C22H29N5O/c23-21-9-19(24-14-25-21)17-7-20-18-6-16(12-27(20)22(28)8-17)11-26(13-18)10-15-4-2-1-3-5-15/h7-9,14-16,18H,1-6,10-13H2,(H2,23,24,25)/t16-,18+/m0/s1. The molecule has 1 aliphatic carbocycles. The van der Waals surface area contributed by atoms with Gasteiger partial charge in [0.25, 0.3) is 5.56 Å². The van der Waals surface area contributed by atoms with Crippen LogP contribution in [0.1, 0.15) is 50.1 Å². The van der Waals surface area contributed by atoms with Crippen LogP contribution in [-0.2, 0) is 6.54 Å². The van der Waals surface area contributed by atoms with Crippen molar-refractivity contribution in [3.63, 3.8) is 0 Å². The maximum Gasteiger partial charge on any atom is 0.251 e. The summed E-state index contributed by atoms with van der Waals surface area (Å²) < 4.78 is 2.00. The Kier molecular flexibility index (Phi) is 4.67. The summed E-state index contributed by atoms with van der Waals surface area (Å²) in [5, 5.41) is 0. The van der Waals surface area contributed by atoms with Gasteiger partial charge in [0, 0.05) is 55.5 Å². The third-order valence-corrected chi connectivity index (χ3v) is 6.86. The van der Waals surface area contributed by atoms with E-state index >= 15 is 0 Å². The molecule has 0 radical (unpaired) electrons. The molecular weight excluding hydrogens is 350 g/mol. The molecule has 2 aliphatic heterocycles. The van der Waals surface area contributed by atoms with Gasteiger partial charge in [-0.05, 0) is 37.2 Å². The van der Waals surface area contributed by atoms with Crippen molar-refractivity contribution < 1.29 is 0 Å². The van der Waals surface area contributed by atoms with Crippen LogP contribution in [-0.4, -0.2) is 39.1 Å². The van der Waals surface area contributed by atoms with Gasteiger partial charge in [0.15, 0.2) is 0 Å². The van der Waals surface area contributed by atoms with Gasteiger partial charge in [0.1, 0.15) is 12.1 Å². The van der Waals surface area contributed by atoms with Crippen LogP contribution in [0, 0.1) is 11.8 Å². The van der Waals surface area contributed by atoms with Crippen molar-refractivity contribution in [3.8, 4) is 11.3 Å². The van der Waals surface area contributed by atoms with Gasteiger partial charge in [-0.1, -0.05) is 19.3 Å². The molecule has 2 fully saturated rings. The van der Waals surface area contributed by atoms with Crippen LogP contribution in [0.2, 0.25) is 0 Å². The minimum atomic E-state index is 0.0834. The van der Waals surface area contributed by atoms with E-state index in [1.54, 1.807) is 12.1 Å². The third kappa shape index (κ3) is 3.46. The summed E-state index contributed by atoms with van der Waals surface area (Å²) in [6, 6.07) is 5.61. The second-order valence-electron chi connectivity index (χ2n) is 8.97. The summed E-state index contributed by atoms with van der Waals surface area (Å²) in [7, 11) is 0. The Hall–Kier alpha value is -2.21. The van der Waals surface area contributed by atoms with Crippen molar-refractivity contribution in [3.05, 3.63) is 40.6 Å². The second-order valence-corrected chi connectivity index (χ2v) is 8.97. The van der Waals surface area contributed by atoms with Gasteiger partial charge in [-0.15, -0.1) is 0 Å². The Morgan fingerprint density at radius 1 is 1.04 bits per heavy atom. The summed E-state index contributed by atoms with van der Waals surface area (Å²) in [6.07, 6.45) is 9.64. The molecule has 148 valence electrons. The van der Waals surface area contributed by atoms with E-state index in [4.69, 9.17) is 5.73 Å².